The Labute approximate surface area is 166 Å². The molecule has 1 unspecified atom stereocenters. The SMILES string of the molecule is CCNC(=NCc1cccc(CN(C)CC)c1)NC1CCN(CC(F)(F)F)C1. The number of hydrogen-bond acceptors (Lipinski definition) is 3. The summed E-state index contributed by atoms with van der Waals surface area (Å²) >= 11 is 0. The lowest BCUT2D eigenvalue weighted by Gasteiger charge is -2.20. The van der Waals surface area contributed by atoms with Crippen LogP contribution in [0, 0.1) is 0 Å². The molecule has 1 fully saturated rings. The fourth-order valence-corrected chi connectivity index (χ4v) is 3.28. The average Bonchev–Trinajstić information content (AvgIpc) is 3.05. The van der Waals surface area contributed by atoms with Gasteiger partial charge in [-0.1, -0.05) is 31.2 Å². The van der Waals surface area contributed by atoms with Crippen LogP contribution in [-0.2, 0) is 13.1 Å². The van der Waals surface area contributed by atoms with Crippen molar-refractivity contribution in [1.82, 2.24) is 20.4 Å². The number of nitrogens with zero attached hydrogens (tertiary/aromatic N) is 3. The van der Waals surface area contributed by atoms with Gasteiger partial charge in [0.05, 0.1) is 13.1 Å². The first-order valence-electron chi connectivity index (χ1n) is 9.89. The summed E-state index contributed by atoms with van der Waals surface area (Å²) in [7, 11) is 2.09. The number of benzene rings is 1. The Kier molecular flexibility index (Phi) is 8.57. The van der Waals surface area contributed by atoms with Gasteiger partial charge in [0, 0.05) is 32.2 Å². The van der Waals surface area contributed by atoms with Crippen molar-refractivity contribution in [1.29, 1.82) is 0 Å². The van der Waals surface area contributed by atoms with Crippen molar-refractivity contribution >= 4 is 5.96 Å². The summed E-state index contributed by atoms with van der Waals surface area (Å²) in [5.41, 5.74) is 2.36. The van der Waals surface area contributed by atoms with Crippen molar-refractivity contribution in [2.75, 3.05) is 39.8 Å². The molecule has 2 N–H and O–H groups in total. The normalized spacial score (nSPS) is 18.7. The molecule has 1 atom stereocenters. The maximum atomic E-state index is 12.6. The maximum absolute atomic E-state index is 12.6. The molecule has 1 aromatic carbocycles. The van der Waals surface area contributed by atoms with E-state index in [4.69, 9.17) is 0 Å². The Morgan fingerprint density at radius 2 is 2.04 bits per heavy atom. The molecule has 28 heavy (non-hydrogen) atoms. The maximum Gasteiger partial charge on any atom is 0.401 e. The molecule has 0 bridgehead atoms. The molecule has 0 radical (unpaired) electrons. The molecule has 1 aromatic rings. The summed E-state index contributed by atoms with van der Waals surface area (Å²) in [6.07, 6.45) is -3.47. The van der Waals surface area contributed by atoms with Crippen molar-refractivity contribution in [3.8, 4) is 0 Å². The fraction of sp³-hybridized carbons (Fsp3) is 0.650. The summed E-state index contributed by atoms with van der Waals surface area (Å²) in [6.45, 7) is 7.19. The van der Waals surface area contributed by atoms with Crippen molar-refractivity contribution in [2.45, 2.75) is 45.6 Å². The quantitative estimate of drug-likeness (QED) is 0.521. The predicted molar refractivity (Wildman–Crippen MR) is 107 cm³/mol. The van der Waals surface area contributed by atoms with E-state index < -0.39 is 12.7 Å². The molecule has 0 aliphatic carbocycles. The van der Waals surface area contributed by atoms with Crippen LogP contribution in [0.1, 0.15) is 31.4 Å². The van der Waals surface area contributed by atoms with E-state index >= 15 is 0 Å². The summed E-state index contributed by atoms with van der Waals surface area (Å²) in [5, 5.41) is 6.47. The van der Waals surface area contributed by atoms with Gasteiger partial charge in [-0.25, -0.2) is 4.99 Å². The lowest BCUT2D eigenvalue weighted by Crippen LogP contribution is -2.45. The number of rotatable bonds is 8. The van der Waals surface area contributed by atoms with E-state index in [9.17, 15) is 13.2 Å². The summed E-state index contributed by atoms with van der Waals surface area (Å²) in [5.74, 6) is 0.650. The van der Waals surface area contributed by atoms with Crippen LogP contribution in [0.25, 0.3) is 0 Å². The first-order valence-corrected chi connectivity index (χ1v) is 9.89. The van der Waals surface area contributed by atoms with Crippen molar-refractivity contribution in [3.05, 3.63) is 35.4 Å². The van der Waals surface area contributed by atoms with Gasteiger partial charge in [-0.15, -0.1) is 0 Å². The van der Waals surface area contributed by atoms with E-state index in [1.165, 1.54) is 10.5 Å². The van der Waals surface area contributed by atoms with Crippen LogP contribution < -0.4 is 10.6 Å². The van der Waals surface area contributed by atoms with Gasteiger partial charge in [0.2, 0.25) is 0 Å². The number of hydrogen-bond donors (Lipinski definition) is 2. The smallest absolute Gasteiger partial charge is 0.357 e. The standard InChI is InChI=1S/C20H32F3N5/c1-4-24-19(26-18-9-10-28(14-18)15-20(21,22)23)25-12-16-7-6-8-17(11-16)13-27(3)5-2/h6-8,11,18H,4-5,9-10,12-15H2,1-3H3,(H2,24,25,26). The fourth-order valence-electron chi connectivity index (χ4n) is 3.28. The third-order valence-electron chi connectivity index (χ3n) is 4.76. The van der Waals surface area contributed by atoms with E-state index in [-0.39, 0.29) is 6.04 Å². The number of likely N-dealkylation sites (tertiary alicyclic amines) is 1. The Balaban J connectivity index is 1.93. The molecule has 1 saturated heterocycles. The highest BCUT2D eigenvalue weighted by Gasteiger charge is 2.34. The van der Waals surface area contributed by atoms with Gasteiger partial charge in [0.1, 0.15) is 0 Å². The highest BCUT2D eigenvalue weighted by atomic mass is 19.4. The molecule has 0 spiro atoms. The van der Waals surface area contributed by atoms with E-state index in [0.29, 0.717) is 38.6 Å². The monoisotopic (exact) mass is 399 g/mol. The molecule has 1 heterocycles. The number of alkyl halides is 3. The van der Waals surface area contributed by atoms with Gasteiger partial charge in [0.25, 0.3) is 0 Å². The lowest BCUT2D eigenvalue weighted by atomic mass is 10.1. The van der Waals surface area contributed by atoms with Gasteiger partial charge < -0.3 is 15.5 Å². The first-order chi connectivity index (χ1) is 13.3. The van der Waals surface area contributed by atoms with Crippen molar-refractivity contribution in [3.63, 3.8) is 0 Å². The van der Waals surface area contributed by atoms with E-state index in [1.54, 1.807) is 0 Å². The topological polar surface area (TPSA) is 42.9 Å². The zero-order chi connectivity index (χ0) is 20.6. The van der Waals surface area contributed by atoms with Crippen molar-refractivity contribution < 1.29 is 13.2 Å². The Bertz CT molecular complexity index is 633. The summed E-state index contributed by atoms with van der Waals surface area (Å²) in [6, 6.07) is 8.32. The van der Waals surface area contributed by atoms with Crippen LogP contribution in [0.15, 0.2) is 29.3 Å². The molecular weight excluding hydrogens is 367 g/mol. The van der Waals surface area contributed by atoms with Gasteiger partial charge in [-0.3, -0.25) is 4.90 Å². The largest absolute Gasteiger partial charge is 0.401 e. The molecule has 1 aliphatic rings. The molecule has 0 amide bonds. The average molecular weight is 400 g/mol. The second-order valence-corrected chi connectivity index (χ2v) is 7.33. The molecule has 2 rings (SSSR count). The van der Waals surface area contributed by atoms with E-state index in [1.807, 2.05) is 19.1 Å². The van der Waals surface area contributed by atoms with Gasteiger partial charge >= 0.3 is 6.18 Å². The van der Waals surface area contributed by atoms with Crippen LogP contribution in [0.2, 0.25) is 0 Å². The second kappa shape index (κ2) is 10.7. The predicted octanol–water partition coefficient (Wildman–Crippen LogP) is 2.83. The summed E-state index contributed by atoms with van der Waals surface area (Å²) < 4.78 is 37.7. The molecule has 0 saturated carbocycles. The van der Waals surface area contributed by atoms with Crippen LogP contribution in [0.4, 0.5) is 13.2 Å². The zero-order valence-corrected chi connectivity index (χ0v) is 17.0. The number of guanidine groups is 1. The van der Waals surface area contributed by atoms with Crippen molar-refractivity contribution in [2.24, 2.45) is 4.99 Å². The van der Waals surface area contributed by atoms with E-state index in [0.717, 1.165) is 18.7 Å². The third kappa shape index (κ3) is 8.06. The van der Waals surface area contributed by atoms with Crippen LogP contribution in [0.5, 0.6) is 0 Å². The van der Waals surface area contributed by atoms with Crippen LogP contribution in [0.3, 0.4) is 0 Å². The second-order valence-electron chi connectivity index (χ2n) is 7.33. The minimum absolute atomic E-state index is 0.0234. The number of aliphatic imine (C=N–C) groups is 1. The minimum atomic E-state index is -4.15. The molecular formula is C20H32F3N5. The summed E-state index contributed by atoms with van der Waals surface area (Å²) in [4.78, 5) is 8.30. The third-order valence-corrected chi connectivity index (χ3v) is 4.76. The molecule has 5 nitrogen and oxygen atoms in total. The van der Waals surface area contributed by atoms with Crippen LogP contribution in [-0.4, -0.2) is 67.7 Å². The lowest BCUT2D eigenvalue weighted by molar-refractivity contribution is -0.143. The zero-order valence-electron chi connectivity index (χ0n) is 17.0. The first kappa shape index (κ1) is 22.5. The molecule has 8 heteroatoms. The number of nitrogens with one attached hydrogen (secondary N) is 2. The Morgan fingerprint density at radius 3 is 2.71 bits per heavy atom. The molecule has 0 aromatic heterocycles. The molecule has 158 valence electrons. The van der Waals surface area contributed by atoms with Crippen LogP contribution >= 0.6 is 0 Å². The highest BCUT2D eigenvalue weighted by molar-refractivity contribution is 5.80. The molecule has 1 aliphatic heterocycles. The van der Waals surface area contributed by atoms with Gasteiger partial charge in [-0.05, 0) is 38.1 Å². The van der Waals surface area contributed by atoms with E-state index in [2.05, 4.69) is 46.6 Å². The number of halogens is 3. The van der Waals surface area contributed by atoms with Gasteiger partial charge in [0.15, 0.2) is 5.96 Å². The van der Waals surface area contributed by atoms with Gasteiger partial charge in [-0.2, -0.15) is 13.2 Å². The highest BCUT2D eigenvalue weighted by Crippen LogP contribution is 2.20. The Hall–Kier alpha value is -1.80. The minimum Gasteiger partial charge on any atom is -0.357 e. The Morgan fingerprint density at radius 1 is 1.29 bits per heavy atom.